The number of aromatic nitrogens is 4. The van der Waals surface area contributed by atoms with Crippen molar-refractivity contribution in [1.29, 1.82) is 0 Å². The van der Waals surface area contributed by atoms with Crippen LogP contribution in [-0.4, -0.2) is 39.4 Å². The first-order valence-electron chi connectivity index (χ1n) is 34.1. The maximum absolute atomic E-state index is 9.96. The van der Waals surface area contributed by atoms with Crippen LogP contribution in [0.25, 0.3) is 86.7 Å². The summed E-state index contributed by atoms with van der Waals surface area (Å²) >= 11 is 12.3. The summed E-state index contributed by atoms with van der Waals surface area (Å²) in [7, 11) is -1.00. The number of pyridine rings is 4. The van der Waals surface area contributed by atoms with E-state index < -0.39 is 7.15 Å². The zero-order valence-corrected chi connectivity index (χ0v) is 72.7. The van der Waals surface area contributed by atoms with Crippen LogP contribution in [0.5, 0.6) is 23.0 Å². The van der Waals surface area contributed by atoms with Gasteiger partial charge in [-0.1, -0.05) is 196 Å². The van der Waals surface area contributed by atoms with Gasteiger partial charge in [-0.2, -0.15) is 9.13 Å². The van der Waals surface area contributed by atoms with Gasteiger partial charge in [0.1, 0.15) is 42.8 Å². The van der Waals surface area contributed by atoms with Crippen LogP contribution in [0.15, 0.2) is 316 Å². The molecule has 0 atom stereocenters. The van der Waals surface area contributed by atoms with Crippen molar-refractivity contribution in [2.45, 2.75) is 51.6 Å². The standard InChI is InChI=1S/C43H36N2O2.C20H15NO.C11H9Cl.C9H7NO.C3H6Br2.CH3F.CH2O3.2BrH.2K.H/c1-2-11-35-27-32(17-18-33(35)9-1)30-46-39-19-21-42-36(28-39)14-6-23-44(42)25-8-26-45-24-7-15-37-29-40(20-22-43(37)45)47-31-38-13-5-12-34-10-3-4-16-41(34)38;1-2-5-17-12-15(7-8-16(17)4-1)14-22-19-9-10-20-18(13-19)6-3-11-21-20;12-8-9-5-6-10-3-1-2-4-11(10)7-9;11-8-3-4-9-7(6-8)2-1-5-10-9;4-2-1-3-5;1-2;2-1-4-3;;;;;/h1-7,9-24,27-29H,8,25-26,30-31H2;1-13H,14H2;1-7H,8H2;1-6,11H;1-3H2;1H3;1,3H;2*1H;;;/q+2;;;;;;;;;2*+1;-1/p-3/i;;;;;1D;;;;;;. The van der Waals surface area contributed by atoms with Gasteiger partial charge in [0.15, 0.2) is 25.5 Å². The van der Waals surface area contributed by atoms with Crippen LogP contribution >= 0.6 is 43.5 Å². The number of carbonyl (C=O) groups excluding carboxylic acids is 1. The van der Waals surface area contributed by atoms with Crippen molar-refractivity contribution in [3.05, 3.63) is 338 Å². The van der Waals surface area contributed by atoms with Crippen molar-refractivity contribution >= 4 is 137 Å². The molecule has 0 aliphatic rings. The molecule has 11 nitrogen and oxygen atoms in total. The number of aromatic hydroxyl groups is 1. The first-order valence-corrected chi connectivity index (χ1v) is 36.2. The van der Waals surface area contributed by atoms with Crippen LogP contribution in [0.3, 0.4) is 0 Å². The van der Waals surface area contributed by atoms with Crippen LogP contribution in [0.2, 0.25) is 0 Å². The van der Waals surface area contributed by atoms with Gasteiger partial charge in [0, 0.05) is 64.0 Å². The number of alkyl halides is 4. The molecule has 0 bridgehead atoms. The molecule has 19 heteroatoms. The molecule has 0 fully saturated rings. The quantitative estimate of drug-likeness (QED) is 0.0237. The van der Waals surface area contributed by atoms with E-state index in [-0.39, 0.29) is 150 Å². The number of hydrogen-bond acceptors (Lipinski definition) is 9. The minimum absolute atomic E-state index is 0. The molecular formula is C88H78Br4ClFK2N4O7. The summed E-state index contributed by atoms with van der Waals surface area (Å²) in [6.07, 6.45) is 10.1. The molecule has 0 aliphatic heterocycles. The van der Waals surface area contributed by atoms with Crippen molar-refractivity contribution in [3.8, 4) is 23.0 Å². The second-order valence-electron chi connectivity index (χ2n) is 23.5. The minimum atomic E-state index is -1.00. The van der Waals surface area contributed by atoms with Gasteiger partial charge in [0.05, 0.1) is 36.8 Å². The molecule has 1 N–H and O–H groups in total. The molecule has 0 saturated carbocycles. The van der Waals surface area contributed by atoms with Crippen molar-refractivity contribution < 1.29 is 187 Å². The van der Waals surface area contributed by atoms with Gasteiger partial charge in [-0.25, -0.2) is 0 Å². The van der Waals surface area contributed by atoms with E-state index >= 15 is 0 Å². The Balaban J connectivity index is 0.000000283. The number of ether oxygens (including phenoxy) is 3. The summed E-state index contributed by atoms with van der Waals surface area (Å²) in [6, 6.07) is 99.4. The number of fused-ring (bicyclic) bond motifs is 8. The third-order valence-corrected chi connectivity index (χ3v) is 18.1. The van der Waals surface area contributed by atoms with Gasteiger partial charge in [-0.05, 0) is 175 Å². The van der Waals surface area contributed by atoms with E-state index in [1.807, 2.05) is 54.6 Å². The molecule has 0 unspecified atom stereocenters. The average Bonchev–Trinajstić information content (AvgIpc) is 0.790. The fraction of sp³-hybridized carbons (Fsp3) is 0.125. The minimum Gasteiger partial charge on any atom is -1.00 e. The van der Waals surface area contributed by atoms with E-state index in [0.29, 0.717) is 25.7 Å². The Hall–Kier alpha value is -6.64. The number of carbonyl (C=O) groups is 1. The molecule has 107 heavy (non-hydrogen) atoms. The fourth-order valence-electron chi connectivity index (χ4n) is 11.6. The Kier molecular flexibility index (Phi) is 39.9. The third-order valence-electron chi connectivity index (χ3n) is 16.6. The number of benzene rings is 12. The van der Waals surface area contributed by atoms with Gasteiger partial charge in [0.2, 0.25) is 11.0 Å². The molecule has 0 radical (unpaired) electrons. The topological polar surface area (TPSA) is 131 Å². The van der Waals surface area contributed by atoms with Crippen molar-refractivity contribution in [2.24, 2.45) is 0 Å². The van der Waals surface area contributed by atoms with Crippen LogP contribution in [0.4, 0.5) is 4.39 Å². The number of rotatable bonds is 17. The van der Waals surface area contributed by atoms with E-state index in [1.165, 1.54) is 93.6 Å². The van der Waals surface area contributed by atoms with Gasteiger partial charge in [0.25, 0.3) is 6.47 Å². The Morgan fingerprint density at radius 2 is 0.850 bits per heavy atom. The zero-order valence-electron chi connectivity index (χ0n) is 61.3. The smallest absolute Gasteiger partial charge is 1.00 e. The van der Waals surface area contributed by atoms with Crippen molar-refractivity contribution in [3.63, 3.8) is 0 Å². The molecule has 536 valence electrons. The summed E-state index contributed by atoms with van der Waals surface area (Å²) in [5.74, 6) is 3.51. The summed E-state index contributed by atoms with van der Waals surface area (Å²) in [5.41, 5.74) is 9.03. The van der Waals surface area contributed by atoms with E-state index in [0.717, 1.165) is 69.2 Å². The molecular weight excluding hydrogens is 1680 g/mol. The van der Waals surface area contributed by atoms with E-state index in [1.54, 1.807) is 30.6 Å². The number of phenolic OH excluding ortho intramolecular Hbond substituents is 1. The monoisotopic (exact) mass is 1750 g/mol. The maximum Gasteiger partial charge on any atom is 1.00 e. The number of halogens is 6. The molecule has 16 aromatic rings. The summed E-state index contributed by atoms with van der Waals surface area (Å²) < 4.78 is 38.6. The van der Waals surface area contributed by atoms with Gasteiger partial charge in [-0.15, -0.1) is 11.6 Å². The second kappa shape index (κ2) is 48.8. The fourth-order valence-corrected chi connectivity index (χ4v) is 13.1. The van der Waals surface area contributed by atoms with Crippen molar-refractivity contribution in [2.75, 3.05) is 17.8 Å². The van der Waals surface area contributed by atoms with Gasteiger partial charge >= 0.3 is 103 Å². The molecule has 12 aromatic carbocycles. The third kappa shape index (κ3) is 27.1. The van der Waals surface area contributed by atoms with Gasteiger partial charge in [-0.3, -0.25) is 19.2 Å². The van der Waals surface area contributed by atoms with Crippen LogP contribution < -0.4 is 165 Å². The van der Waals surface area contributed by atoms with Crippen molar-refractivity contribution in [1.82, 2.24) is 9.97 Å². The Morgan fingerprint density at radius 1 is 0.458 bits per heavy atom. The molecule has 4 heterocycles. The van der Waals surface area contributed by atoms with Crippen LogP contribution in [-0.2, 0) is 48.5 Å². The number of phenols is 1. The zero-order chi connectivity index (χ0) is 72.5. The predicted octanol–water partition coefficient (Wildman–Crippen LogP) is 8.92. The second-order valence-corrected chi connectivity index (χ2v) is 25.4. The van der Waals surface area contributed by atoms with E-state index in [2.05, 4.69) is 287 Å². The Bertz CT molecular complexity index is 5360. The maximum atomic E-state index is 9.96. The summed E-state index contributed by atoms with van der Waals surface area (Å²) in [4.78, 5) is 19.7. The van der Waals surface area contributed by atoms with Crippen LogP contribution in [0.1, 0.15) is 37.9 Å². The number of aryl methyl sites for hydroxylation is 2. The van der Waals surface area contributed by atoms with Gasteiger partial charge < -0.3 is 64.9 Å². The summed E-state index contributed by atoms with van der Waals surface area (Å²) in [5, 5.41) is 34.2. The Labute approximate surface area is 754 Å². The average molecular weight is 1760 g/mol. The van der Waals surface area contributed by atoms with E-state index in [9.17, 15) is 4.39 Å². The largest absolute Gasteiger partial charge is 1.00 e. The SMILES string of the molecule is BrCCCBr.ClCc1ccc2ccccc2c1.O=CO[O-].Oc1ccc2ncccc2c1.[2H]CF.[Br-].[Br-].[H-].[K+].[K+].c1ccc2cc(COc3ccc4c(ccc[n+]4CCC[n+]4cccc5cc(OCc6cccc7ccccc67)ccc54)c3)ccc2c1.c1ccc2cc(COc3ccc4ncccc4c3)ccc2c1. The number of hydrogen-bond donors (Lipinski definition) is 1. The van der Waals surface area contributed by atoms with E-state index in [4.69, 9.17) is 42.3 Å². The number of nitrogens with zero attached hydrogens (tertiary/aromatic N) is 4. The molecule has 0 amide bonds. The normalized spacial score (nSPS) is 10.2. The summed E-state index contributed by atoms with van der Waals surface area (Å²) in [6.45, 7) is 3.31. The van der Waals surface area contributed by atoms with Crippen LogP contribution in [0, 0.1) is 0 Å². The molecule has 0 aliphatic carbocycles. The molecule has 16 rings (SSSR count). The molecule has 4 aromatic heterocycles. The first-order chi connectivity index (χ1) is 51.1. The predicted molar refractivity (Wildman–Crippen MR) is 424 cm³/mol. The molecule has 0 saturated heterocycles. The Morgan fingerprint density at radius 3 is 1.33 bits per heavy atom. The molecule has 0 spiro atoms. The first kappa shape index (κ1) is 87.6.